The molecule has 8 aromatic carbocycles. The Morgan fingerprint density at radius 3 is 1.22 bits per heavy atom. The van der Waals surface area contributed by atoms with Crippen molar-refractivity contribution in [3.05, 3.63) is 260 Å². The summed E-state index contributed by atoms with van der Waals surface area (Å²) in [5.74, 6) is 4.63. The molecule has 95 heavy (non-hydrogen) atoms. The standard InChI is InChI=1S/C53H58O6P2.C30H45O3P/c1-50(2,42-24-13-8-14-25-42)45-30-32-48(41(34-45)23-19-22-40-20-11-7-12-21-40)58-60-54-36-53(37-55-60)38-56-61(57-39-53)59-49-33-31-46(51(3,4)43-26-15-9-16-27-43)35-47(49)52(5,6)44-28-17-10-18-29-44;1-19(2)12-21-14-23-18-24-15-22(13-20(3)4)17-26(30(8,9)10)28(24)33-34(31-11)32-27(23)25(16-21)29(5,6)7/h7-18,20-21,24-35H,19,22-23,36-39H2,1-6H3;14-17,19-20H,12-13,18H2,1-11H3. The van der Waals surface area contributed by atoms with Crippen LogP contribution in [0.2, 0.25) is 0 Å². The van der Waals surface area contributed by atoms with Crippen molar-refractivity contribution < 1.29 is 40.7 Å². The third-order valence-corrected chi connectivity index (χ3v) is 21.9. The molecule has 0 saturated carbocycles. The average Bonchev–Trinajstić information content (AvgIpc) is 0.775. The molecule has 2 fully saturated rings. The van der Waals surface area contributed by atoms with Crippen molar-refractivity contribution in [1.82, 2.24) is 0 Å². The molecule has 0 N–H and O–H groups in total. The van der Waals surface area contributed by atoms with E-state index >= 15 is 0 Å². The molecule has 0 aliphatic carbocycles. The Balaban J connectivity index is 0.000000245. The highest BCUT2D eigenvalue weighted by Gasteiger charge is 2.46. The highest BCUT2D eigenvalue weighted by molar-refractivity contribution is 7.43. The molecule has 3 aliphatic rings. The van der Waals surface area contributed by atoms with E-state index in [0.717, 1.165) is 72.6 Å². The lowest BCUT2D eigenvalue weighted by atomic mass is 9.73. The summed E-state index contributed by atoms with van der Waals surface area (Å²) in [6.07, 6.45) is 5.77. The smallest absolute Gasteiger partial charge is 0.426 e. The van der Waals surface area contributed by atoms with Gasteiger partial charge < -0.3 is 36.2 Å². The third kappa shape index (κ3) is 17.7. The minimum absolute atomic E-state index is 0.0517. The summed E-state index contributed by atoms with van der Waals surface area (Å²) in [5.41, 5.74) is 16.1. The van der Waals surface area contributed by atoms with Crippen molar-refractivity contribution in [2.45, 2.75) is 176 Å². The molecule has 12 heteroatoms. The molecule has 0 radical (unpaired) electrons. The Bertz CT molecular complexity index is 3720. The fourth-order valence-electron chi connectivity index (χ4n) is 13.0. The van der Waals surface area contributed by atoms with E-state index in [1.807, 2.05) is 0 Å². The summed E-state index contributed by atoms with van der Waals surface area (Å²) in [7, 11) is -3.16. The fraction of sp³-hybridized carbons (Fsp3) is 0.422. The molecule has 8 aromatic rings. The summed E-state index contributed by atoms with van der Waals surface area (Å²) in [5, 5.41) is 0. The van der Waals surface area contributed by atoms with E-state index in [0.29, 0.717) is 38.3 Å². The van der Waals surface area contributed by atoms with Crippen molar-refractivity contribution in [2.75, 3.05) is 33.5 Å². The van der Waals surface area contributed by atoms with E-state index < -0.39 is 31.2 Å². The predicted octanol–water partition coefficient (Wildman–Crippen LogP) is 22.7. The average molecular weight is 1340 g/mol. The fourth-order valence-corrected chi connectivity index (χ4v) is 16.4. The summed E-state index contributed by atoms with van der Waals surface area (Å²) >= 11 is 0. The van der Waals surface area contributed by atoms with Crippen molar-refractivity contribution in [3.63, 3.8) is 0 Å². The second kappa shape index (κ2) is 30.4. The Kier molecular flexibility index (Phi) is 23.0. The van der Waals surface area contributed by atoms with E-state index in [1.54, 1.807) is 7.11 Å². The first kappa shape index (κ1) is 71.8. The highest BCUT2D eigenvalue weighted by Crippen LogP contribution is 2.56. The van der Waals surface area contributed by atoms with Gasteiger partial charge in [-0.1, -0.05) is 281 Å². The van der Waals surface area contributed by atoms with E-state index in [4.69, 9.17) is 40.7 Å². The van der Waals surface area contributed by atoms with Gasteiger partial charge in [-0.25, -0.2) is 0 Å². The molecule has 11 rings (SSSR count). The van der Waals surface area contributed by atoms with Crippen LogP contribution >= 0.6 is 25.8 Å². The zero-order chi connectivity index (χ0) is 67.9. The van der Waals surface area contributed by atoms with Gasteiger partial charge in [0.25, 0.3) is 0 Å². The highest BCUT2D eigenvalue weighted by atomic mass is 31.2. The maximum atomic E-state index is 6.66. The van der Waals surface area contributed by atoms with Crippen LogP contribution in [0, 0.1) is 17.3 Å². The summed E-state index contributed by atoms with van der Waals surface area (Å²) in [4.78, 5) is 0. The van der Waals surface area contributed by atoms with E-state index in [9.17, 15) is 0 Å². The van der Waals surface area contributed by atoms with Crippen LogP contribution in [0.1, 0.15) is 195 Å². The molecule has 0 bridgehead atoms. The molecule has 0 atom stereocenters. The van der Waals surface area contributed by atoms with Crippen molar-refractivity contribution in [2.24, 2.45) is 17.3 Å². The normalized spacial score (nSPS) is 18.0. The Morgan fingerprint density at radius 2 is 0.800 bits per heavy atom. The largest absolute Gasteiger partial charge is 0.462 e. The number of rotatable bonds is 19. The van der Waals surface area contributed by atoms with Crippen LogP contribution < -0.4 is 18.1 Å². The molecule has 9 nitrogen and oxygen atoms in total. The Labute approximate surface area is 573 Å². The summed E-state index contributed by atoms with van der Waals surface area (Å²) in [6, 6.07) is 65.1. The number of fused-ring (bicyclic) bond motifs is 2. The van der Waals surface area contributed by atoms with E-state index in [1.165, 1.54) is 66.8 Å². The number of hydrogen-bond acceptors (Lipinski definition) is 9. The molecule has 0 aromatic heterocycles. The van der Waals surface area contributed by atoms with Crippen LogP contribution in [0.5, 0.6) is 23.0 Å². The lowest BCUT2D eigenvalue weighted by Gasteiger charge is -2.41. The van der Waals surface area contributed by atoms with Crippen molar-refractivity contribution in [3.8, 4) is 23.0 Å². The van der Waals surface area contributed by atoms with E-state index in [2.05, 4.69) is 293 Å². The summed E-state index contributed by atoms with van der Waals surface area (Å²) < 4.78 is 57.5. The topological polar surface area (TPSA) is 83.1 Å². The van der Waals surface area contributed by atoms with Gasteiger partial charge >= 0.3 is 25.8 Å². The van der Waals surface area contributed by atoms with Crippen LogP contribution in [-0.4, -0.2) is 33.5 Å². The van der Waals surface area contributed by atoms with Crippen LogP contribution in [-0.2, 0) is 81.8 Å². The van der Waals surface area contributed by atoms with Gasteiger partial charge in [0.1, 0.15) is 23.0 Å². The van der Waals surface area contributed by atoms with Gasteiger partial charge in [0.05, 0.1) is 31.8 Å². The van der Waals surface area contributed by atoms with Crippen LogP contribution in [0.15, 0.2) is 182 Å². The number of hydrogen-bond donors (Lipinski definition) is 0. The second-order valence-corrected chi connectivity index (χ2v) is 34.3. The zero-order valence-electron chi connectivity index (χ0n) is 59.6. The molecule has 3 heterocycles. The maximum Gasteiger partial charge on any atom is 0.462 e. The minimum atomic E-state index is -1.66. The molecule has 1 spiro atoms. The lowest BCUT2D eigenvalue weighted by molar-refractivity contribution is -0.0673. The molecule has 0 amide bonds. The Morgan fingerprint density at radius 1 is 0.400 bits per heavy atom. The van der Waals surface area contributed by atoms with Crippen LogP contribution in [0.25, 0.3) is 0 Å². The van der Waals surface area contributed by atoms with E-state index in [-0.39, 0.29) is 27.1 Å². The predicted molar refractivity (Wildman–Crippen MR) is 394 cm³/mol. The first-order valence-corrected chi connectivity index (χ1v) is 37.4. The van der Waals surface area contributed by atoms with Gasteiger partial charge in [0.15, 0.2) is 0 Å². The first-order valence-electron chi connectivity index (χ1n) is 34.1. The molecule has 2 saturated heterocycles. The third-order valence-electron chi connectivity index (χ3n) is 18.9. The lowest BCUT2D eigenvalue weighted by Crippen LogP contribution is -2.45. The van der Waals surface area contributed by atoms with Gasteiger partial charge in [0, 0.05) is 46.5 Å². The molecular formula is C83H103O9P3. The van der Waals surface area contributed by atoms with Crippen LogP contribution in [0.3, 0.4) is 0 Å². The minimum Gasteiger partial charge on any atom is -0.426 e. The molecular weight excluding hydrogens is 1230 g/mol. The van der Waals surface area contributed by atoms with Crippen molar-refractivity contribution in [1.29, 1.82) is 0 Å². The second-order valence-electron chi connectivity index (χ2n) is 30.8. The SMILES string of the molecule is CC(C)(c1ccccc1)c1ccc(OP2OCC3(CO2)COP(Oc2ccc(C(C)(C)c4ccccc4)cc2C(C)(C)c2ccccc2)OC3)c(CCCc2ccccc2)c1.COP1Oc2c(cc(CC(C)C)cc2C(C)(C)C)Cc2cc(CC(C)C)cc(C(C)(C)C)c2O1. The van der Waals surface area contributed by atoms with Gasteiger partial charge in [-0.2, -0.15) is 0 Å². The van der Waals surface area contributed by atoms with Crippen LogP contribution in [0.4, 0.5) is 0 Å². The van der Waals surface area contributed by atoms with Crippen molar-refractivity contribution >= 4 is 25.8 Å². The summed E-state index contributed by atoms with van der Waals surface area (Å²) in [6.45, 7) is 37.9. The van der Waals surface area contributed by atoms with Gasteiger partial charge in [0.2, 0.25) is 0 Å². The zero-order valence-corrected chi connectivity index (χ0v) is 62.2. The maximum absolute atomic E-state index is 6.66. The van der Waals surface area contributed by atoms with Gasteiger partial charge in [-0.15, -0.1) is 0 Å². The Hall–Kier alpha value is -5.95. The monoisotopic (exact) mass is 1340 g/mol. The molecule has 0 unspecified atom stereocenters. The quantitative estimate of drug-likeness (QED) is 0.0735. The molecule has 3 aliphatic heterocycles. The number of aryl methyl sites for hydroxylation is 2. The molecule has 504 valence electrons. The number of benzene rings is 8. The van der Waals surface area contributed by atoms with Gasteiger partial charge in [-0.05, 0) is 128 Å². The van der Waals surface area contributed by atoms with Gasteiger partial charge in [-0.3, -0.25) is 4.52 Å². The first-order chi connectivity index (χ1) is 45.1.